The molecule has 3 rings (SSSR count). The second-order valence-electron chi connectivity index (χ2n) is 4.78. The van der Waals surface area contributed by atoms with Crippen LogP contribution >= 0.6 is 0 Å². The van der Waals surface area contributed by atoms with E-state index in [-0.39, 0.29) is 11.6 Å². The van der Waals surface area contributed by atoms with Crippen molar-refractivity contribution in [3.8, 4) is 0 Å². The fraction of sp³-hybridized carbons (Fsp3) is 0.250. The van der Waals surface area contributed by atoms with Crippen LogP contribution in [0.25, 0.3) is 5.57 Å². The number of benzene rings is 1. The van der Waals surface area contributed by atoms with Crippen LogP contribution in [0, 0.1) is 0 Å². The molecule has 18 heavy (non-hydrogen) atoms. The van der Waals surface area contributed by atoms with Gasteiger partial charge in [-0.05, 0) is 37.3 Å². The van der Waals surface area contributed by atoms with Crippen LogP contribution < -0.4 is 0 Å². The van der Waals surface area contributed by atoms with Gasteiger partial charge in [-0.1, -0.05) is 30.3 Å². The molecule has 2 heteroatoms. The highest BCUT2D eigenvalue weighted by molar-refractivity contribution is 6.37. The summed E-state index contributed by atoms with van der Waals surface area (Å²) < 4.78 is 0. The van der Waals surface area contributed by atoms with Gasteiger partial charge < -0.3 is 0 Å². The van der Waals surface area contributed by atoms with Crippen molar-refractivity contribution in [2.75, 3.05) is 0 Å². The zero-order chi connectivity index (χ0) is 12.5. The van der Waals surface area contributed by atoms with E-state index in [9.17, 15) is 9.59 Å². The Balaban J connectivity index is 2.05. The van der Waals surface area contributed by atoms with Crippen LogP contribution in [0.5, 0.6) is 0 Å². The maximum atomic E-state index is 12.4. The molecular formula is C16H14O2. The molecule has 90 valence electrons. The Hall–Kier alpha value is -1.96. The molecule has 0 heterocycles. The third-order valence-corrected chi connectivity index (χ3v) is 3.64. The Labute approximate surface area is 106 Å². The Morgan fingerprint density at radius 1 is 0.833 bits per heavy atom. The van der Waals surface area contributed by atoms with E-state index in [1.54, 1.807) is 0 Å². The van der Waals surface area contributed by atoms with E-state index >= 15 is 0 Å². The van der Waals surface area contributed by atoms with Crippen molar-refractivity contribution in [1.82, 2.24) is 0 Å². The van der Waals surface area contributed by atoms with Crippen LogP contribution in [0.15, 0.2) is 47.6 Å². The first-order valence-corrected chi connectivity index (χ1v) is 6.35. The number of allylic oxidation sites excluding steroid dienone is 4. The van der Waals surface area contributed by atoms with Crippen molar-refractivity contribution in [1.29, 1.82) is 0 Å². The van der Waals surface area contributed by atoms with Gasteiger partial charge in [-0.15, -0.1) is 0 Å². The van der Waals surface area contributed by atoms with Crippen molar-refractivity contribution < 1.29 is 9.59 Å². The molecule has 0 fully saturated rings. The monoisotopic (exact) mass is 238 g/mol. The van der Waals surface area contributed by atoms with E-state index in [0.29, 0.717) is 5.57 Å². The molecule has 1 aromatic carbocycles. The van der Waals surface area contributed by atoms with Crippen molar-refractivity contribution in [2.45, 2.75) is 25.7 Å². The summed E-state index contributed by atoms with van der Waals surface area (Å²) in [6, 6.07) is 9.44. The van der Waals surface area contributed by atoms with E-state index in [1.807, 2.05) is 30.3 Å². The van der Waals surface area contributed by atoms with Crippen molar-refractivity contribution in [2.24, 2.45) is 0 Å². The summed E-state index contributed by atoms with van der Waals surface area (Å²) in [6.07, 6.45) is 5.07. The standard InChI is InChI=1S/C16H14O2/c17-15-10-14(11-6-2-1-3-7-11)16(18)13-9-5-4-8-12(13)15/h1-3,6-7,10H,4-5,8-9H2. The minimum absolute atomic E-state index is 0.0307. The maximum absolute atomic E-state index is 12.4. The van der Waals surface area contributed by atoms with Gasteiger partial charge in [0.2, 0.25) is 0 Å². The average molecular weight is 238 g/mol. The van der Waals surface area contributed by atoms with Crippen molar-refractivity contribution in [3.05, 3.63) is 53.1 Å². The first-order chi connectivity index (χ1) is 8.77. The number of ketones is 2. The van der Waals surface area contributed by atoms with Gasteiger partial charge in [0.25, 0.3) is 0 Å². The molecular weight excluding hydrogens is 224 g/mol. The minimum atomic E-state index is 0.0307. The fourth-order valence-corrected chi connectivity index (χ4v) is 2.71. The van der Waals surface area contributed by atoms with Gasteiger partial charge in [-0.25, -0.2) is 0 Å². The topological polar surface area (TPSA) is 34.1 Å². The second kappa shape index (κ2) is 4.37. The smallest absolute Gasteiger partial charge is 0.190 e. The minimum Gasteiger partial charge on any atom is -0.290 e. The molecule has 0 amide bonds. The lowest BCUT2D eigenvalue weighted by atomic mass is 9.79. The van der Waals surface area contributed by atoms with Gasteiger partial charge in [-0.3, -0.25) is 9.59 Å². The molecule has 1 aromatic rings. The molecule has 0 bridgehead atoms. The summed E-state index contributed by atoms with van der Waals surface area (Å²) >= 11 is 0. The second-order valence-corrected chi connectivity index (χ2v) is 4.78. The summed E-state index contributed by atoms with van der Waals surface area (Å²) in [5.74, 6) is 0.0821. The van der Waals surface area contributed by atoms with Crippen molar-refractivity contribution >= 4 is 17.1 Å². The summed E-state index contributed by atoms with van der Waals surface area (Å²) in [5, 5.41) is 0. The Bertz CT molecular complexity index is 576. The number of Topliss-reactive ketones (excluding diaryl/α,β-unsaturated/α-hetero) is 1. The molecule has 0 saturated carbocycles. The lowest BCUT2D eigenvalue weighted by molar-refractivity contribution is -0.115. The van der Waals surface area contributed by atoms with E-state index in [1.165, 1.54) is 6.08 Å². The lowest BCUT2D eigenvalue weighted by Crippen LogP contribution is -2.21. The van der Waals surface area contributed by atoms with Crippen LogP contribution in [0.1, 0.15) is 31.2 Å². The van der Waals surface area contributed by atoms with Crippen LogP contribution in [0.4, 0.5) is 0 Å². The Morgan fingerprint density at radius 3 is 2.22 bits per heavy atom. The molecule has 0 atom stereocenters. The molecule has 0 aromatic heterocycles. The largest absolute Gasteiger partial charge is 0.290 e. The van der Waals surface area contributed by atoms with Crippen LogP contribution in [0.2, 0.25) is 0 Å². The number of hydrogen-bond acceptors (Lipinski definition) is 2. The van der Waals surface area contributed by atoms with Gasteiger partial charge in [0, 0.05) is 16.7 Å². The van der Waals surface area contributed by atoms with E-state index in [0.717, 1.165) is 42.4 Å². The predicted molar refractivity (Wildman–Crippen MR) is 69.9 cm³/mol. The quantitative estimate of drug-likeness (QED) is 0.704. The van der Waals surface area contributed by atoms with Gasteiger partial charge in [0.1, 0.15) is 0 Å². The van der Waals surface area contributed by atoms with E-state index in [2.05, 4.69) is 0 Å². The lowest BCUT2D eigenvalue weighted by Gasteiger charge is -2.22. The number of hydrogen-bond donors (Lipinski definition) is 0. The Kier molecular flexibility index (Phi) is 2.71. The average Bonchev–Trinajstić information content (AvgIpc) is 2.44. The van der Waals surface area contributed by atoms with Crippen LogP contribution in [0.3, 0.4) is 0 Å². The Morgan fingerprint density at radius 2 is 1.50 bits per heavy atom. The highest BCUT2D eigenvalue weighted by atomic mass is 16.1. The van der Waals surface area contributed by atoms with E-state index in [4.69, 9.17) is 0 Å². The van der Waals surface area contributed by atoms with Crippen LogP contribution in [-0.4, -0.2) is 11.6 Å². The number of carbonyl (C=O) groups excluding carboxylic acids is 2. The molecule has 0 aliphatic heterocycles. The van der Waals surface area contributed by atoms with Gasteiger partial charge in [-0.2, -0.15) is 0 Å². The zero-order valence-corrected chi connectivity index (χ0v) is 10.1. The summed E-state index contributed by atoms with van der Waals surface area (Å²) in [5.41, 5.74) is 2.91. The van der Waals surface area contributed by atoms with Crippen LogP contribution in [-0.2, 0) is 9.59 Å². The molecule has 0 N–H and O–H groups in total. The molecule has 2 nitrogen and oxygen atoms in total. The predicted octanol–water partition coefficient (Wildman–Crippen LogP) is 3.09. The maximum Gasteiger partial charge on any atom is 0.190 e. The van der Waals surface area contributed by atoms with Gasteiger partial charge >= 0.3 is 0 Å². The SMILES string of the molecule is O=C1C=C(c2ccccc2)C(=O)C2=C1CCCC2. The van der Waals surface area contributed by atoms with E-state index < -0.39 is 0 Å². The number of rotatable bonds is 1. The zero-order valence-electron chi connectivity index (χ0n) is 10.1. The first-order valence-electron chi connectivity index (χ1n) is 6.35. The molecule has 0 radical (unpaired) electrons. The van der Waals surface area contributed by atoms with Gasteiger partial charge in [0.15, 0.2) is 11.6 Å². The molecule has 0 unspecified atom stereocenters. The third kappa shape index (κ3) is 1.74. The normalized spacial score (nSPS) is 19.7. The molecule has 0 saturated heterocycles. The molecule has 0 spiro atoms. The third-order valence-electron chi connectivity index (χ3n) is 3.64. The highest BCUT2D eigenvalue weighted by Crippen LogP contribution is 2.34. The fourth-order valence-electron chi connectivity index (χ4n) is 2.71. The molecule has 2 aliphatic rings. The summed E-state index contributed by atoms with van der Waals surface area (Å²) in [4.78, 5) is 24.5. The number of carbonyl (C=O) groups is 2. The molecule has 2 aliphatic carbocycles. The first kappa shape index (κ1) is 11.1. The van der Waals surface area contributed by atoms with Crippen molar-refractivity contribution in [3.63, 3.8) is 0 Å². The highest BCUT2D eigenvalue weighted by Gasteiger charge is 2.30. The summed E-state index contributed by atoms with van der Waals surface area (Å²) in [6.45, 7) is 0. The summed E-state index contributed by atoms with van der Waals surface area (Å²) in [7, 11) is 0. The van der Waals surface area contributed by atoms with Gasteiger partial charge in [0.05, 0.1) is 0 Å².